The van der Waals surface area contributed by atoms with Gasteiger partial charge >= 0.3 is 6.18 Å². The average Bonchev–Trinajstić information content (AvgIpc) is 3.00. The Morgan fingerprint density at radius 3 is 2.46 bits per heavy atom. The first-order valence-corrected chi connectivity index (χ1v) is 7.81. The Hall–Kier alpha value is -2.78. The van der Waals surface area contributed by atoms with Crippen molar-refractivity contribution in [2.24, 2.45) is 0 Å². The first kappa shape index (κ1) is 21.5. The van der Waals surface area contributed by atoms with Crippen molar-refractivity contribution in [3.05, 3.63) is 64.6 Å². The lowest BCUT2D eigenvalue weighted by atomic mass is 10.1. The van der Waals surface area contributed by atoms with Crippen molar-refractivity contribution in [2.75, 3.05) is 11.1 Å². The molecule has 4 N–H and O–H groups in total. The molecule has 0 aliphatic carbocycles. The molecule has 0 atom stereocenters. The molecule has 1 aromatic heterocycles. The van der Waals surface area contributed by atoms with E-state index in [0.717, 1.165) is 18.2 Å². The number of benzene rings is 2. The predicted octanol–water partition coefficient (Wildman–Crippen LogP) is 5.14. The van der Waals surface area contributed by atoms with E-state index >= 15 is 0 Å². The van der Waals surface area contributed by atoms with Crippen LogP contribution in [0.3, 0.4) is 0 Å². The number of aromatic amines is 1. The third kappa shape index (κ3) is 4.55. The highest BCUT2D eigenvalue weighted by molar-refractivity contribution is 6.31. The average molecular weight is 435 g/mol. The number of nitrogens with zero attached hydrogens (tertiary/aromatic N) is 1. The summed E-state index contributed by atoms with van der Waals surface area (Å²) in [5, 5.41) is 1.82. The van der Waals surface area contributed by atoms with Crippen LogP contribution in [0.5, 0.6) is 0 Å². The van der Waals surface area contributed by atoms with E-state index in [-0.39, 0.29) is 35.2 Å². The van der Waals surface area contributed by atoms with Crippen LogP contribution in [0, 0.1) is 5.82 Å². The molecular weight excluding hydrogens is 423 g/mol. The van der Waals surface area contributed by atoms with Gasteiger partial charge in [-0.15, -0.1) is 12.4 Å². The number of anilines is 2. The predicted molar refractivity (Wildman–Crippen MR) is 100 cm³/mol. The summed E-state index contributed by atoms with van der Waals surface area (Å²) in [6, 6.07) is 6.56. The zero-order chi connectivity index (χ0) is 19.8. The number of rotatable bonds is 3. The van der Waals surface area contributed by atoms with Crippen molar-refractivity contribution in [3.8, 4) is 11.3 Å². The van der Waals surface area contributed by atoms with Crippen LogP contribution in [0.4, 0.5) is 29.2 Å². The van der Waals surface area contributed by atoms with Gasteiger partial charge in [0.05, 0.1) is 22.5 Å². The fourth-order valence-electron chi connectivity index (χ4n) is 2.37. The zero-order valence-electron chi connectivity index (χ0n) is 13.8. The number of alkyl halides is 3. The standard InChI is InChI=1S/C17H11ClF4N4O.ClH/c18-12-4-1-8(5-11(12)17(20,21)22)15(27)25-9-2-3-10(13(19)6-9)14-7-24-16(23)26-14;/h1-7H,(H,25,27)(H3,23,24,26);1H. The number of carbonyl (C=O) groups excluding carboxylic acids is 1. The molecule has 28 heavy (non-hydrogen) atoms. The Balaban J connectivity index is 0.00000280. The smallest absolute Gasteiger partial charge is 0.369 e. The second-order valence-electron chi connectivity index (χ2n) is 5.52. The maximum absolute atomic E-state index is 14.3. The second kappa shape index (κ2) is 8.07. The monoisotopic (exact) mass is 434 g/mol. The SMILES string of the molecule is Cl.Nc1ncc(-c2ccc(NC(=O)c3ccc(Cl)c(C(F)(F)F)c3)cc2F)[nH]1. The summed E-state index contributed by atoms with van der Waals surface area (Å²) in [6.45, 7) is 0. The quantitative estimate of drug-likeness (QED) is 0.498. The van der Waals surface area contributed by atoms with E-state index in [0.29, 0.717) is 11.8 Å². The summed E-state index contributed by atoms with van der Waals surface area (Å²) in [4.78, 5) is 18.6. The minimum atomic E-state index is -4.70. The Morgan fingerprint density at radius 1 is 1.18 bits per heavy atom. The van der Waals surface area contributed by atoms with E-state index in [9.17, 15) is 22.4 Å². The van der Waals surface area contributed by atoms with E-state index in [1.165, 1.54) is 18.3 Å². The normalized spacial score (nSPS) is 11.0. The molecule has 3 aromatic rings. The van der Waals surface area contributed by atoms with Gasteiger partial charge in [0.15, 0.2) is 5.95 Å². The van der Waals surface area contributed by atoms with Gasteiger partial charge in [0, 0.05) is 16.8 Å². The molecule has 0 spiro atoms. The lowest BCUT2D eigenvalue weighted by Gasteiger charge is -2.11. The minimum absolute atomic E-state index is 0. The highest BCUT2D eigenvalue weighted by Crippen LogP contribution is 2.35. The molecule has 0 unspecified atom stereocenters. The Labute approximate surface area is 167 Å². The van der Waals surface area contributed by atoms with E-state index in [2.05, 4.69) is 15.3 Å². The first-order chi connectivity index (χ1) is 12.6. The van der Waals surface area contributed by atoms with Gasteiger partial charge in [0.25, 0.3) is 5.91 Å². The summed E-state index contributed by atoms with van der Waals surface area (Å²) in [5.74, 6) is -1.40. The van der Waals surface area contributed by atoms with Crippen LogP contribution in [-0.2, 0) is 6.18 Å². The lowest BCUT2D eigenvalue weighted by Crippen LogP contribution is -2.14. The van der Waals surface area contributed by atoms with Crippen LogP contribution >= 0.6 is 24.0 Å². The molecule has 0 fully saturated rings. The summed E-state index contributed by atoms with van der Waals surface area (Å²) in [7, 11) is 0. The molecular formula is C17H12Cl2F4N4O. The number of aromatic nitrogens is 2. The lowest BCUT2D eigenvalue weighted by molar-refractivity contribution is -0.137. The highest BCUT2D eigenvalue weighted by atomic mass is 35.5. The Bertz CT molecular complexity index is 1020. The molecule has 0 aliphatic rings. The van der Waals surface area contributed by atoms with Gasteiger partial charge in [0.1, 0.15) is 5.82 Å². The van der Waals surface area contributed by atoms with Gasteiger partial charge in [-0.25, -0.2) is 9.37 Å². The van der Waals surface area contributed by atoms with Gasteiger partial charge in [-0.05, 0) is 36.4 Å². The Morgan fingerprint density at radius 2 is 1.89 bits per heavy atom. The third-order valence-corrected chi connectivity index (χ3v) is 3.98. The minimum Gasteiger partial charge on any atom is -0.369 e. The number of carbonyl (C=O) groups is 1. The van der Waals surface area contributed by atoms with Crippen LogP contribution in [-0.4, -0.2) is 15.9 Å². The Kier molecular flexibility index (Phi) is 6.20. The number of halogens is 6. The molecule has 2 aromatic carbocycles. The number of nitrogens with one attached hydrogen (secondary N) is 2. The molecule has 1 amide bonds. The molecule has 0 bridgehead atoms. The number of H-pyrrole nitrogens is 1. The number of nitrogen functional groups attached to an aromatic ring is 1. The fourth-order valence-corrected chi connectivity index (χ4v) is 2.60. The van der Waals surface area contributed by atoms with E-state index in [4.69, 9.17) is 17.3 Å². The maximum atomic E-state index is 14.3. The van der Waals surface area contributed by atoms with Crippen LogP contribution in [0.25, 0.3) is 11.3 Å². The zero-order valence-corrected chi connectivity index (χ0v) is 15.3. The number of amides is 1. The molecule has 148 valence electrons. The topological polar surface area (TPSA) is 83.8 Å². The van der Waals surface area contributed by atoms with E-state index < -0.39 is 28.5 Å². The molecule has 0 saturated heterocycles. The number of hydrogen-bond donors (Lipinski definition) is 3. The van der Waals surface area contributed by atoms with Crippen LogP contribution in [0.2, 0.25) is 5.02 Å². The number of hydrogen-bond acceptors (Lipinski definition) is 3. The summed E-state index contributed by atoms with van der Waals surface area (Å²) in [5.41, 5.74) is 4.63. The summed E-state index contributed by atoms with van der Waals surface area (Å²) < 4.78 is 53.0. The van der Waals surface area contributed by atoms with Gasteiger partial charge < -0.3 is 16.0 Å². The molecule has 11 heteroatoms. The van der Waals surface area contributed by atoms with Gasteiger partial charge in [-0.3, -0.25) is 4.79 Å². The van der Waals surface area contributed by atoms with Crippen molar-refractivity contribution in [1.29, 1.82) is 0 Å². The van der Waals surface area contributed by atoms with Crippen LogP contribution in [0.1, 0.15) is 15.9 Å². The van der Waals surface area contributed by atoms with Crippen molar-refractivity contribution in [2.45, 2.75) is 6.18 Å². The summed E-state index contributed by atoms with van der Waals surface area (Å²) in [6.07, 6.45) is -3.36. The van der Waals surface area contributed by atoms with Crippen molar-refractivity contribution in [1.82, 2.24) is 9.97 Å². The molecule has 0 aliphatic heterocycles. The van der Waals surface area contributed by atoms with Crippen LogP contribution < -0.4 is 11.1 Å². The van der Waals surface area contributed by atoms with Crippen molar-refractivity contribution >= 4 is 41.6 Å². The van der Waals surface area contributed by atoms with E-state index in [1.54, 1.807) is 0 Å². The largest absolute Gasteiger partial charge is 0.417 e. The molecule has 0 saturated carbocycles. The maximum Gasteiger partial charge on any atom is 0.417 e. The highest BCUT2D eigenvalue weighted by Gasteiger charge is 2.33. The van der Waals surface area contributed by atoms with E-state index in [1.807, 2.05) is 0 Å². The molecule has 3 rings (SSSR count). The van der Waals surface area contributed by atoms with Gasteiger partial charge in [-0.2, -0.15) is 13.2 Å². The van der Waals surface area contributed by atoms with Gasteiger partial charge in [-0.1, -0.05) is 11.6 Å². The van der Waals surface area contributed by atoms with Crippen LogP contribution in [0.15, 0.2) is 42.6 Å². The second-order valence-corrected chi connectivity index (χ2v) is 5.93. The van der Waals surface area contributed by atoms with Crippen molar-refractivity contribution < 1.29 is 22.4 Å². The fraction of sp³-hybridized carbons (Fsp3) is 0.0588. The molecule has 0 radical (unpaired) electrons. The third-order valence-electron chi connectivity index (χ3n) is 3.65. The summed E-state index contributed by atoms with van der Waals surface area (Å²) >= 11 is 5.53. The number of imidazole rings is 1. The molecule has 1 heterocycles. The van der Waals surface area contributed by atoms with Crippen molar-refractivity contribution in [3.63, 3.8) is 0 Å². The number of nitrogens with two attached hydrogens (primary N) is 1. The molecule has 5 nitrogen and oxygen atoms in total. The van der Waals surface area contributed by atoms with Gasteiger partial charge in [0.2, 0.25) is 0 Å². The first-order valence-electron chi connectivity index (χ1n) is 7.43.